The molecule has 1 aliphatic heterocycles. The number of rotatable bonds is 8. The highest BCUT2D eigenvalue weighted by Crippen LogP contribution is 2.46. The molecule has 0 aliphatic carbocycles. The molecular formula is C21H35N3O. The molecule has 0 unspecified atom stereocenters. The van der Waals surface area contributed by atoms with Crippen LogP contribution in [0.2, 0.25) is 0 Å². The van der Waals surface area contributed by atoms with Crippen LogP contribution < -0.4 is 5.32 Å². The summed E-state index contributed by atoms with van der Waals surface area (Å²) in [5.74, 6) is 1.02. The van der Waals surface area contributed by atoms with E-state index in [0.29, 0.717) is 5.41 Å². The lowest BCUT2D eigenvalue weighted by Crippen LogP contribution is -2.72. The van der Waals surface area contributed by atoms with Crippen LogP contribution in [0.1, 0.15) is 46.1 Å². The molecule has 4 heteroatoms. The minimum Gasteiger partial charge on any atom is -0.381 e. The predicted molar refractivity (Wildman–Crippen MR) is 106 cm³/mol. The quantitative estimate of drug-likeness (QED) is 0.443. The van der Waals surface area contributed by atoms with Crippen LogP contribution >= 0.6 is 0 Å². The highest BCUT2D eigenvalue weighted by atomic mass is 16.5. The number of hydrogen-bond donors (Lipinski definition) is 1. The van der Waals surface area contributed by atoms with E-state index in [-0.39, 0.29) is 5.54 Å². The van der Waals surface area contributed by atoms with Crippen LogP contribution in [-0.4, -0.2) is 49.7 Å². The molecule has 0 amide bonds. The molecule has 0 aromatic heterocycles. The van der Waals surface area contributed by atoms with Crippen molar-refractivity contribution < 1.29 is 4.74 Å². The third-order valence-corrected chi connectivity index (χ3v) is 5.73. The molecule has 1 aromatic rings. The molecular weight excluding hydrogens is 310 g/mol. The summed E-state index contributed by atoms with van der Waals surface area (Å²) >= 11 is 0. The van der Waals surface area contributed by atoms with Crippen molar-refractivity contribution in [2.75, 3.05) is 33.4 Å². The summed E-state index contributed by atoms with van der Waals surface area (Å²) in [7, 11) is 1.87. The molecule has 0 radical (unpaired) electrons. The highest BCUT2D eigenvalue weighted by molar-refractivity contribution is 5.81. The maximum Gasteiger partial charge on any atom is 0.194 e. The lowest BCUT2D eigenvalue weighted by molar-refractivity contribution is -0.0667. The van der Waals surface area contributed by atoms with Crippen molar-refractivity contribution in [3.8, 4) is 0 Å². The normalized spacial score (nSPS) is 18.8. The molecule has 140 valence electrons. The van der Waals surface area contributed by atoms with Gasteiger partial charge in [0.2, 0.25) is 0 Å². The summed E-state index contributed by atoms with van der Waals surface area (Å²) in [6.07, 6.45) is 3.17. The predicted octanol–water partition coefficient (Wildman–Crippen LogP) is 3.72. The van der Waals surface area contributed by atoms with E-state index >= 15 is 0 Å². The Morgan fingerprint density at radius 2 is 1.84 bits per heavy atom. The van der Waals surface area contributed by atoms with Crippen molar-refractivity contribution >= 4 is 5.96 Å². The van der Waals surface area contributed by atoms with E-state index in [0.717, 1.165) is 51.5 Å². The van der Waals surface area contributed by atoms with E-state index in [1.165, 1.54) is 5.56 Å². The fourth-order valence-electron chi connectivity index (χ4n) is 3.16. The van der Waals surface area contributed by atoms with Crippen molar-refractivity contribution in [3.05, 3.63) is 35.9 Å². The third-order valence-electron chi connectivity index (χ3n) is 5.73. The second-order valence-electron chi connectivity index (χ2n) is 8.06. The van der Waals surface area contributed by atoms with Crippen LogP contribution in [0.15, 0.2) is 35.3 Å². The minimum absolute atomic E-state index is 0.148. The molecule has 4 nitrogen and oxygen atoms in total. The molecule has 25 heavy (non-hydrogen) atoms. The van der Waals surface area contributed by atoms with Crippen LogP contribution in [0.25, 0.3) is 0 Å². The Morgan fingerprint density at radius 3 is 2.44 bits per heavy atom. The van der Waals surface area contributed by atoms with Gasteiger partial charge in [-0.1, -0.05) is 44.2 Å². The van der Waals surface area contributed by atoms with Crippen molar-refractivity contribution in [2.45, 2.75) is 52.5 Å². The summed E-state index contributed by atoms with van der Waals surface area (Å²) in [4.78, 5) is 6.83. The first-order chi connectivity index (χ1) is 11.9. The van der Waals surface area contributed by atoms with Crippen molar-refractivity contribution in [3.63, 3.8) is 0 Å². The number of unbranched alkanes of at least 4 members (excludes halogenated alkanes) is 1. The lowest BCUT2D eigenvalue weighted by Gasteiger charge is -2.62. The zero-order valence-electron chi connectivity index (χ0n) is 16.6. The van der Waals surface area contributed by atoms with Crippen molar-refractivity contribution in [2.24, 2.45) is 10.4 Å². The van der Waals surface area contributed by atoms with E-state index in [1.54, 1.807) is 0 Å². The average molecular weight is 346 g/mol. The van der Waals surface area contributed by atoms with E-state index < -0.39 is 0 Å². The molecule has 1 N–H and O–H groups in total. The SMILES string of the molecule is CN=C(NCCCCOCCc1ccccc1)N1CC(C)(C)C1(C)C. The van der Waals surface area contributed by atoms with Crippen LogP contribution in [0.4, 0.5) is 0 Å². The number of nitrogens with one attached hydrogen (secondary N) is 1. The Balaban J connectivity index is 1.55. The number of benzene rings is 1. The van der Waals surface area contributed by atoms with Gasteiger partial charge in [0, 0.05) is 37.7 Å². The number of likely N-dealkylation sites (tertiary alicyclic amines) is 1. The number of hydrogen-bond acceptors (Lipinski definition) is 2. The number of nitrogens with zero attached hydrogens (tertiary/aromatic N) is 2. The molecule has 2 rings (SSSR count). The lowest BCUT2D eigenvalue weighted by atomic mass is 9.65. The van der Waals surface area contributed by atoms with Gasteiger partial charge < -0.3 is 15.0 Å². The van der Waals surface area contributed by atoms with Crippen LogP contribution in [0, 0.1) is 5.41 Å². The zero-order chi connectivity index (χ0) is 18.3. The largest absolute Gasteiger partial charge is 0.381 e. The van der Waals surface area contributed by atoms with Crippen LogP contribution in [0.3, 0.4) is 0 Å². The molecule has 1 heterocycles. The van der Waals surface area contributed by atoms with E-state index in [4.69, 9.17) is 4.74 Å². The third kappa shape index (κ3) is 4.97. The van der Waals surface area contributed by atoms with Gasteiger partial charge in [-0.05, 0) is 38.7 Å². The number of aliphatic imine (C=N–C) groups is 1. The van der Waals surface area contributed by atoms with Crippen molar-refractivity contribution in [1.29, 1.82) is 0 Å². The molecule has 1 aliphatic rings. The highest BCUT2D eigenvalue weighted by Gasteiger charge is 2.53. The fraction of sp³-hybridized carbons (Fsp3) is 0.667. The standard InChI is InChI=1S/C21H35N3O/c1-20(2)17-24(21(20,3)4)19(22-5)23-14-9-10-15-25-16-13-18-11-7-6-8-12-18/h6-8,11-12H,9-10,13-17H2,1-5H3,(H,22,23). The van der Waals surface area contributed by atoms with Gasteiger partial charge in [-0.15, -0.1) is 0 Å². The van der Waals surface area contributed by atoms with Gasteiger partial charge in [0.25, 0.3) is 0 Å². The van der Waals surface area contributed by atoms with Gasteiger partial charge in [0.15, 0.2) is 5.96 Å². The first-order valence-electron chi connectivity index (χ1n) is 9.48. The molecule has 1 aromatic carbocycles. The monoisotopic (exact) mass is 345 g/mol. The Bertz CT molecular complexity index is 552. The summed E-state index contributed by atoms with van der Waals surface area (Å²) in [6, 6.07) is 10.5. The summed E-state index contributed by atoms with van der Waals surface area (Å²) in [6.45, 7) is 12.9. The Morgan fingerprint density at radius 1 is 1.12 bits per heavy atom. The molecule has 1 fully saturated rings. The van der Waals surface area contributed by atoms with E-state index in [2.05, 4.69) is 67.2 Å². The van der Waals surface area contributed by atoms with E-state index in [1.807, 2.05) is 13.1 Å². The Labute approximate surface area is 153 Å². The molecule has 0 saturated carbocycles. The topological polar surface area (TPSA) is 36.9 Å². The number of guanidine groups is 1. The maximum absolute atomic E-state index is 5.74. The fourth-order valence-corrected chi connectivity index (χ4v) is 3.16. The first-order valence-corrected chi connectivity index (χ1v) is 9.48. The Kier molecular flexibility index (Phi) is 6.88. The van der Waals surface area contributed by atoms with Gasteiger partial charge in [0.1, 0.15) is 0 Å². The maximum atomic E-state index is 5.74. The molecule has 1 saturated heterocycles. The molecule has 0 spiro atoms. The second-order valence-corrected chi connectivity index (χ2v) is 8.06. The summed E-state index contributed by atoms with van der Waals surface area (Å²) in [5, 5.41) is 3.50. The first kappa shape index (κ1) is 19.8. The minimum atomic E-state index is 0.148. The van der Waals surface area contributed by atoms with Gasteiger partial charge in [0.05, 0.1) is 6.61 Å². The average Bonchev–Trinajstić information content (AvgIpc) is 2.60. The van der Waals surface area contributed by atoms with Gasteiger partial charge >= 0.3 is 0 Å². The molecule has 0 bridgehead atoms. The van der Waals surface area contributed by atoms with Gasteiger partial charge in [-0.3, -0.25) is 4.99 Å². The van der Waals surface area contributed by atoms with Crippen molar-refractivity contribution in [1.82, 2.24) is 10.2 Å². The van der Waals surface area contributed by atoms with Gasteiger partial charge in [-0.2, -0.15) is 0 Å². The summed E-state index contributed by atoms with van der Waals surface area (Å²) in [5.41, 5.74) is 1.82. The van der Waals surface area contributed by atoms with E-state index in [9.17, 15) is 0 Å². The zero-order valence-corrected chi connectivity index (χ0v) is 16.6. The smallest absolute Gasteiger partial charge is 0.194 e. The Hall–Kier alpha value is -1.55. The molecule has 0 atom stereocenters. The summed E-state index contributed by atoms with van der Waals surface area (Å²) < 4.78 is 5.74. The number of ether oxygens (including phenoxy) is 1. The second kappa shape index (κ2) is 8.70. The van der Waals surface area contributed by atoms with Crippen LogP contribution in [-0.2, 0) is 11.2 Å². The van der Waals surface area contributed by atoms with Crippen LogP contribution in [0.5, 0.6) is 0 Å². The van der Waals surface area contributed by atoms with Gasteiger partial charge in [-0.25, -0.2) is 0 Å².